The van der Waals surface area contributed by atoms with Crippen molar-refractivity contribution in [3.63, 3.8) is 0 Å². The van der Waals surface area contributed by atoms with Gasteiger partial charge in [0.2, 0.25) is 17.8 Å². The minimum absolute atomic E-state index is 0.00892. The number of nitrogens with zero attached hydrogens (tertiary/aromatic N) is 7. The molecule has 0 spiro atoms. The lowest BCUT2D eigenvalue weighted by Crippen LogP contribution is -2.28. The highest BCUT2D eigenvalue weighted by Crippen LogP contribution is 2.27. The van der Waals surface area contributed by atoms with Gasteiger partial charge in [-0.1, -0.05) is 63.9 Å². The smallest absolute Gasteiger partial charge is 0.421 e. The summed E-state index contributed by atoms with van der Waals surface area (Å²) in [4.78, 5) is 47.4. The fourth-order valence-electron chi connectivity index (χ4n) is 4.39. The highest BCUT2D eigenvalue weighted by molar-refractivity contribution is 9.09. The number of nitrogen functional groups attached to an aromatic ring is 2. The zero-order valence-electron chi connectivity index (χ0n) is 29.0. The summed E-state index contributed by atoms with van der Waals surface area (Å²) in [7, 11) is 0. The third-order valence-corrected chi connectivity index (χ3v) is 7.12. The third-order valence-electron chi connectivity index (χ3n) is 6.56. The molecule has 0 radical (unpaired) electrons. The van der Waals surface area contributed by atoms with Crippen LogP contribution in [-0.4, -0.2) is 53.7 Å². The highest BCUT2D eigenvalue weighted by atomic mass is 79.9. The summed E-state index contributed by atoms with van der Waals surface area (Å²) in [5.41, 5.74) is 22.4. The highest BCUT2D eigenvalue weighted by Gasteiger charge is 2.24. The molecule has 50 heavy (non-hydrogen) atoms. The first-order valence-electron chi connectivity index (χ1n) is 15.8. The minimum atomic E-state index is -0.645. The van der Waals surface area contributed by atoms with Crippen molar-refractivity contribution in [3.05, 3.63) is 71.4 Å². The Kier molecular flexibility index (Phi) is 13.6. The van der Waals surface area contributed by atoms with Crippen LogP contribution in [0.5, 0.6) is 0 Å². The van der Waals surface area contributed by atoms with Crippen LogP contribution >= 0.6 is 15.9 Å². The van der Waals surface area contributed by atoms with Gasteiger partial charge in [-0.05, 0) is 72.0 Å². The van der Waals surface area contributed by atoms with E-state index in [-0.39, 0.29) is 17.8 Å². The van der Waals surface area contributed by atoms with Crippen molar-refractivity contribution in [2.75, 3.05) is 22.1 Å². The first-order chi connectivity index (χ1) is 23.5. The van der Waals surface area contributed by atoms with Crippen molar-refractivity contribution in [3.8, 4) is 22.5 Å². The van der Waals surface area contributed by atoms with E-state index in [1.165, 1.54) is 21.5 Å². The normalized spacial score (nSPS) is 11.1. The van der Waals surface area contributed by atoms with Crippen LogP contribution in [0.15, 0.2) is 66.0 Å². The van der Waals surface area contributed by atoms with Gasteiger partial charge in [0.25, 0.3) is 0 Å². The van der Waals surface area contributed by atoms with Crippen molar-refractivity contribution >= 4 is 57.3 Å². The molecule has 0 aliphatic carbocycles. The number of anilines is 3. The number of amides is 1. The molecule has 0 saturated heterocycles. The van der Waals surface area contributed by atoms with Gasteiger partial charge in [-0.3, -0.25) is 4.79 Å². The maximum absolute atomic E-state index is 12.5. The largest absolute Gasteiger partial charge is 0.443 e. The summed E-state index contributed by atoms with van der Waals surface area (Å²) >= 11 is 3.38. The minimum Gasteiger partial charge on any atom is -0.443 e. The molecular formula is C34H43BrN10O5. The number of alkyl halides is 1. The molecule has 2 heterocycles. The zero-order chi connectivity index (χ0) is 37.1. The number of nitrogens with two attached hydrogens (primary N) is 2. The monoisotopic (exact) mass is 750 g/mol. The predicted octanol–water partition coefficient (Wildman–Crippen LogP) is 8.67. The quantitative estimate of drug-likeness (QED) is 0.0489. The molecule has 4 aromatic rings. The van der Waals surface area contributed by atoms with E-state index >= 15 is 0 Å². The fourth-order valence-corrected chi connectivity index (χ4v) is 4.79. The molecular weight excluding hydrogens is 708 g/mol. The van der Waals surface area contributed by atoms with E-state index in [1.807, 2.05) is 0 Å². The predicted molar refractivity (Wildman–Crippen MR) is 197 cm³/mol. The lowest BCUT2D eigenvalue weighted by Gasteiger charge is -2.20. The van der Waals surface area contributed by atoms with Gasteiger partial charge in [-0.15, -0.1) is 0 Å². The van der Waals surface area contributed by atoms with Crippen molar-refractivity contribution in [2.24, 2.45) is 5.11 Å². The van der Waals surface area contributed by atoms with E-state index < -0.39 is 23.4 Å². The molecule has 16 heteroatoms. The molecule has 1 amide bonds. The number of carbonyl (C=O) groups is 3. The second-order valence-corrected chi connectivity index (χ2v) is 13.8. The number of benzene rings is 2. The summed E-state index contributed by atoms with van der Waals surface area (Å²) in [6, 6.07) is 13.9. The second kappa shape index (κ2) is 17.4. The number of rotatable bonds is 9. The van der Waals surface area contributed by atoms with Crippen LogP contribution in [0.2, 0.25) is 0 Å². The van der Waals surface area contributed by atoms with Crippen molar-refractivity contribution in [1.82, 2.24) is 19.1 Å². The summed E-state index contributed by atoms with van der Waals surface area (Å²) in [5, 5.41) is 7.34. The number of hydrogen-bond donors (Lipinski definition) is 3. The number of azide groups is 1. The number of carbonyl (C=O) groups excluding carboxylic acids is 3. The molecule has 2 aromatic carbocycles. The van der Waals surface area contributed by atoms with Gasteiger partial charge < -0.3 is 26.3 Å². The van der Waals surface area contributed by atoms with E-state index in [1.54, 1.807) is 90.1 Å². The Labute approximate surface area is 299 Å². The van der Waals surface area contributed by atoms with Crippen LogP contribution in [-0.2, 0) is 14.3 Å². The van der Waals surface area contributed by atoms with Gasteiger partial charge in [0.15, 0.2) is 0 Å². The lowest BCUT2D eigenvalue weighted by atomic mass is 10.1. The third kappa shape index (κ3) is 11.7. The van der Waals surface area contributed by atoms with Gasteiger partial charge in [-0.2, -0.15) is 0 Å². The molecule has 15 nitrogen and oxygen atoms in total. The Morgan fingerprint density at radius 2 is 1.26 bits per heavy atom. The molecule has 0 bridgehead atoms. The van der Waals surface area contributed by atoms with Crippen molar-refractivity contribution in [1.29, 1.82) is 0 Å². The Morgan fingerprint density at radius 3 is 1.68 bits per heavy atom. The molecule has 0 aliphatic rings. The van der Waals surface area contributed by atoms with Gasteiger partial charge >= 0.3 is 12.2 Å². The molecule has 0 saturated carbocycles. The van der Waals surface area contributed by atoms with E-state index in [0.717, 1.165) is 30.2 Å². The maximum atomic E-state index is 12.5. The summed E-state index contributed by atoms with van der Waals surface area (Å²) in [5.74, 6) is 0.0962. The van der Waals surface area contributed by atoms with E-state index in [9.17, 15) is 14.4 Å². The van der Waals surface area contributed by atoms with Gasteiger partial charge in [0, 0.05) is 39.2 Å². The number of imidazole rings is 2. The number of unbranched alkanes of at least 4 members (excludes halogenated alkanes) is 2. The van der Waals surface area contributed by atoms with Crippen LogP contribution in [0, 0.1) is 0 Å². The Morgan fingerprint density at radius 1 is 0.800 bits per heavy atom. The van der Waals surface area contributed by atoms with Gasteiger partial charge in [0.1, 0.15) is 11.2 Å². The number of hydrogen-bond acceptors (Lipinski definition) is 10. The van der Waals surface area contributed by atoms with Crippen LogP contribution in [0.25, 0.3) is 33.0 Å². The summed E-state index contributed by atoms with van der Waals surface area (Å²) in [6.07, 6.45) is 5.28. The molecule has 0 aliphatic heterocycles. The Bertz CT molecular complexity index is 1810. The Hall–Kier alpha value is -5.34. The number of halogens is 1. The van der Waals surface area contributed by atoms with Crippen molar-refractivity contribution < 1.29 is 23.9 Å². The van der Waals surface area contributed by atoms with Crippen molar-refractivity contribution in [2.45, 2.75) is 78.4 Å². The van der Waals surface area contributed by atoms with E-state index in [0.29, 0.717) is 34.7 Å². The SMILES string of the molecule is CC(C)(C)OC(=O)n1c(-c2ccc(N=[N+]=[N-])cc2)cnc1N.CC(C)(C)OC(=O)n1c(-c2ccc(NC(=O)CCCCCBr)cc2)cnc1N. The average molecular weight is 752 g/mol. The summed E-state index contributed by atoms with van der Waals surface area (Å²) in [6.45, 7) is 10.7. The molecule has 2 aromatic heterocycles. The van der Waals surface area contributed by atoms with Gasteiger partial charge in [0.05, 0.1) is 23.8 Å². The number of aromatic nitrogens is 4. The number of ether oxygens (including phenoxy) is 2. The lowest BCUT2D eigenvalue weighted by molar-refractivity contribution is -0.116. The number of nitrogens with one attached hydrogen (secondary N) is 1. The molecule has 4 rings (SSSR count). The average Bonchev–Trinajstić information content (AvgIpc) is 3.61. The van der Waals surface area contributed by atoms with Crippen LogP contribution < -0.4 is 16.8 Å². The molecule has 5 N–H and O–H groups in total. The first-order valence-corrected chi connectivity index (χ1v) is 16.9. The summed E-state index contributed by atoms with van der Waals surface area (Å²) < 4.78 is 13.2. The second-order valence-electron chi connectivity index (χ2n) is 13.0. The molecule has 0 atom stereocenters. The maximum Gasteiger partial charge on any atom is 0.421 e. The van der Waals surface area contributed by atoms with Crippen LogP contribution in [0.1, 0.15) is 67.2 Å². The Balaban J connectivity index is 0.000000278. The molecule has 0 fully saturated rings. The topological polar surface area (TPSA) is 218 Å². The first kappa shape index (κ1) is 39.1. The molecule has 0 unspecified atom stereocenters. The van der Waals surface area contributed by atoms with E-state index in [2.05, 4.69) is 41.2 Å². The molecule has 266 valence electrons. The fraction of sp³-hybridized carbons (Fsp3) is 0.382. The standard InChI is InChI=1S/C20H27BrN4O3.C14H16N6O2/c1-20(2,3)28-19(27)25-16(13-23-18(25)22)14-8-10-15(11-9-14)24-17(26)7-5-4-6-12-21;1-14(2,3)22-13(21)20-11(8-17-12(20)15)9-4-6-10(7-5-9)18-19-16/h8-11,13H,4-7,12H2,1-3H3,(H2,22,23)(H,24,26);4-8H,1-3H3,(H2,15,17). The zero-order valence-corrected chi connectivity index (χ0v) is 30.6. The van der Waals surface area contributed by atoms with Gasteiger partial charge in [-0.25, -0.2) is 28.7 Å². The van der Waals surface area contributed by atoms with E-state index in [4.69, 9.17) is 26.5 Å². The van der Waals surface area contributed by atoms with Crippen LogP contribution in [0.4, 0.5) is 32.9 Å². The van der Waals surface area contributed by atoms with Crippen LogP contribution in [0.3, 0.4) is 0 Å².